The quantitative estimate of drug-likeness (QED) is 0.646. The summed E-state index contributed by atoms with van der Waals surface area (Å²) in [5.41, 5.74) is 2.76. The SMILES string of the molecule is COc1cc(S(=O)(=O)N(C)Cc2cc(-c3ccccn3)no2)c(C)cc1C. The van der Waals surface area contributed by atoms with Crippen molar-refractivity contribution in [2.24, 2.45) is 0 Å². The van der Waals surface area contributed by atoms with Crippen molar-refractivity contribution in [3.8, 4) is 17.1 Å². The molecule has 2 heterocycles. The number of aryl methyl sites for hydroxylation is 2. The lowest BCUT2D eigenvalue weighted by molar-refractivity contribution is 0.344. The highest BCUT2D eigenvalue weighted by Crippen LogP contribution is 2.28. The highest BCUT2D eigenvalue weighted by molar-refractivity contribution is 7.89. The molecule has 0 radical (unpaired) electrons. The number of rotatable bonds is 6. The lowest BCUT2D eigenvalue weighted by Crippen LogP contribution is -2.27. The van der Waals surface area contributed by atoms with Crippen molar-refractivity contribution in [2.75, 3.05) is 14.2 Å². The van der Waals surface area contributed by atoms with E-state index in [0.29, 0.717) is 28.5 Å². The molecule has 0 fully saturated rings. The van der Waals surface area contributed by atoms with Gasteiger partial charge < -0.3 is 9.26 Å². The Morgan fingerprint density at radius 3 is 2.56 bits per heavy atom. The number of hydrogen-bond donors (Lipinski definition) is 0. The van der Waals surface area contributed by atoms with Crippen molar-refractivity contribution in [2.45, 2.75) is 25.3 Å². The van der Waals surface area contributed by atoms with Crippen LogP contribution in [0.4, 0.5) is 0 Å². The molecule has 0 aliphatic rings. The molecule has 0 atom stereocenters. The van der Waals surface area contributed by atoms with E-state index in [9.17, 15) is 8.42 Å². The number of methoxy groups -OCH3 is 1. The summed E-state index contributed by atoms with van der Waals surface area (Å²) in [6, 6.07) is 10.5. The Labute approximate surface area is 158 Å². The number of nitrogens with zero attached hydrogens (tertiary/aromatic N) is 3. The molecule has 7 nitrogen and oxygen atoms in total. The fraction of sp³-hybridized carbons (Fsp3) is 0.263. The molecule has 3 aromatic rings. The number of sulfonamides is 1. The van der Waals surface area contributed by atoms with Gasteiger partial charge in [-0.15, -0.1) is 0 Å². The van der Waals surface area contributed by atoms with Crippen molar-refractivity contribution in [3.05, 3.63) is 59.5 Å². The van der Waals surface area contributed by atoms with Crippen LogP contribution >= 0.6 is 0 Å². The Bertz CT molecular complexity index is 1050. The summed E-state index contributed by atoms with van der Waals surface area (Å²) in [6.07, 6.45) is 1.66. The second kappa shape index (κ2) is 7.50. The van der Waals surface area contributed by atoms with E-state index >= 15 is 0 Å². The average Bonchev–Trinajstić information content (AvgIpc) is 3.11. The molecule has 0 N–H and O–H groups in total. The predicted molar refractivity (Wildman–Crippen MR) is 101 cm³/mol. The molecule has 27 heavy (non-hydrogen) atoms. The van der Waals surface area contributed by atoms with Crippen molar-refractivity contribution in [3.63, 3.8) is 0 Å². The van der Waals surface area contributed by atoms with E-state index in [-0.39, 0.29) is 11.4 Å². The van der Waals surface area contributed by atoms with E-state index in [1.807, 2.05) is 25.1 Å². The van der Waals surface area contributed by atoms with E-state index in [1.54, 1.807) is 31.3 Å². The largest absolute Gasteiger partial charge is 0.496 e. The molecule has 0 saturated heterocycles. The van der Waals surface area contributed by atoms with Crippen LogP contribution in [0.1, 0.15) is 16.9 Å². The van der Waals surface area contributed by atoms with Crippen molar-refractivity contribution < 1.29 is 17.7 Å². The normalized spacial score (nSPS) is 11.7. The molecule has 0 saturated carbocycles. The fourth-order valence-electron chi connectivity index (χ4n) is 2.81. The van der Waals surface area contributed by atoms with Crippen LogP contribution in [-0.2, 0) is 16.6 Å². The zero-order valence-corrected chi connectivity index (χ0v) is 16.4. The smallest absolute Gasteiger partial charge is 0.243 e. The number of pyridine rings is 1. The zero-order chi connectivity index (χ0) is 19.6. The molecule has 0 amide bonds. The highest BCUT2D eigenvalue weighted by atomic mass is 32.2. The Balaban J connectivity index is 1.86. The predicted octanol–water partition coefficient (Wildman–Crippen LogP) is 3.18. The molecule has 142 valence electrons. The molecule has 8 heteroatoms. The lowest BCUT2D eigenvalue weighted by atomic mass is 10.1. The topological polar surface area (TPSA) is 85.5 Å². The molecule has 0 spiro atoms. The summed E-state index contributed by atoms with van der Waals surface area (Å²) < 4.78 is 37.8. The highest BCUT2D eigenvalue weighted by Gasteiger charge is 2.25. The Morgan fingerprint density at radius 2 is 1.89 bits per heavy atom. The van der Waals surface area contributed by atoms with Gasteiger partial charge in [0.2, 0.25) is 10.0 Å². The maximum absolute atomic E-state index is 13.0. The molecule has 0 bridgehead atoms. The summed E-state index contributed by atoms with van der Waals surface area (Å²) in [7, 11) is -0.699. The van der Waals surface area contributed by atoms with Gasteiger partial charge in [-0.2, -0.15) is 4.31 Å². The monoisotopic (exact) mass is 387 g/mol. The molecular formula is C19H21N3O4S. The summed E-state index contributed by atoms with van der Waals surface area (Å²) in [5, 5.41) is 3.97. The van der Waals surface area contributed by atoms with Crippen LogP contribution in [0.2, 0.25) is 0 Å². The molecule has 0 aliphatic heterocycles. The third-order valence-corrected chi connectivity index (χ3v) is 6.19. The van der Waals surface area contributed by atoms with E-state index in [1.165, 1.54) is 18.5 Å². The Kier molecular flexibility index (Phi) is 5.29. The van der Waals surface area contributed by atoms with E-state index in [0.717, 1.165) is 5.56 Å². The lowest BCUT2D eigenvalue weighted by Gasteiger charge is -2.18. The van der Waals surface area contributed by atoms with Gasteiger partial charge >= 0.3 is 0 Å². The minimum atomic E-state index is -3.72. The van der Waals surface area contributed by atoms with Gasteiger partial charge in [-0.1, -0.05) is 17.3 Å². The Morgan fingerprint density at radius 1 is 1.11 bits per heavy atom. The molecular weight excluding hydrogens is 366 g/mol. The summed E-state index contributed by atoms with van der Waals surface area (Å²) in [4.78, 5) is 4.41. The van der Waals surface area contributed by atoms with Crippen molar-refractivity contribution in [1.29, 1.82) is 0 Å². The minimum Gasteiger partial charge on any atom is -0.496 e. The van der Waals surface area contributed by atoms with E-state index in [4.69, 9.17) is 9.26 Å². The van der Waals surface area contributed by atoms with Gasteiger partial charge in [0.15, 0.2) is 5.76 Å². The second-order valence-electron chi connectivity index (χ2n) is 6.24. The molecule has 1 aromatic carbocycles. The van der Waals surface area contributed by atoms with Crippen LogP contribution in [-0.4, -0.2) is 37.0 Å². The summed E-state index contributed by atoms with van der Waals surface area (Å²) in [5.74, 6) is 0.961. The van der Waals surface area contributed by atoms with E-state index in [2.05, 4.69) is 10.1 Å². The van der Waals surface area contributed by atoms with E-state index < -0.39 is 10.0 Å². The second-order valence-corrected chi connectivity index (χ2v) is 8.26. The van der Waals surface area contributed by atoms with Gasteiger partial charge in [0, 0.05) is 25.4 Å². The maximum Gasteiger partial charge on any atom is 0.243 e. The number of ether oxygens (including phenoxy) is 1. The van der Waals surface area contributed by atoms with Gasteiger partial charge in [-0.3, -0.25) is 4.98 Å². The average molecular weight is 387 g/mol. The molecule has 0 unspecified atom stereocenters. The zero-order valence-electron chi connectivity index (χ0n) is 15.6. The van der Waals surface area contributed by atoms with Crippen LogP contribution in [0.3, 0.4) is 0 Å². The number of benzene rings is 1. The standard InChI is InChI=1S/C19H21N3O4S/c1-13-9-14(2)19(11-18(13)25-4)27(23,24)22(3)12-15-10-17(21-26-15)16-7-5-6-8-20-16/h5-11H,12H2,1-4H3. The van der Waals surface area contributed by atoms with Gasteiger partial charge in [0.05, 0.1) is 24.2 Å². The van der Waals surface area contributed by atoms with Crippen LogP contribution in [0.5, 0.6) is 5.75 Å². The van der Waals surface area contributed by atoms with Crippen LogP contribution in [0.25, 0.3) is 11.4 Å². The third kappa shape index (κ3) is 3.86. The van der Waals surface area contributed by atoms with Gasteiger partial charge in [-0.05, 0) is 37.1 Å². The number of hydrogen-bond acceptors (Lipinski definition) is 6. The minimum absolute atomic E-state index is 0.0534. The number of aromatic nitrogens is 2. The third-order valence-electron chi connectivity index (χ3n) is 4.25. The molecule has 3 rings (SSSR count). The molecule has 0 aliphatic carbocycles. The van der Waals surface area contributed by atoms with Crippen LogP contribution in [0.15, 0.2) is 52.0 Å². The van der Waals surface area contributed by atoms with Gasteiger partial charge in [-0.25, -0.2) is 8.42 Å². The van der Waals surface area contributed by atoms with Gasteiger partial charge in [0.1, 0.15) is 11.4 Å². The maximum atomic E-state index is 13.0. The van der Waals surface area contributed by atoms with Crippen molar-refractivity contribution >= 4 is 10.0 Å². The van der Waals surface area contributed by atoms with Crippen LogP contribution < -0.4 is 4.74 Å². The fourth-order valence-corrected chi connectivity index (χ4v) is 4.16. The molecule has 2 aromatic heterocycles. The first-order valence-corrected chi connectivity index (χ1v) is 9.75. The van der Waals surface area contributed by atoms with Crippen LogP contribution in [0, 0.1) is 13.8 Å². The van der Waals surface area contributed by atoms with Crippen molar-refractivity contribution in [1.82, 2.24) is 14.4 Å². The van der Waals surface area contributed by atoms with Gasteiger partial charge in [0.25, 0.3) is 0 Å². The first kappa shape index (κ1) is 19.1. The summed E-state index contributed by atoms with van der Waals surface area (Å²) >= 11 is 0. The summed E-state index contributed by atoms with van der Waals surface area (Å²) in [6.45, 7) is 3.69. The first-order chi connectivity index (χ1) is 12.8. The Hall–Kier alpha value is -2.71. The first-order valence-electron chi connectivity index (χ1n) is 8.31.